The van der Waals surface area contributed by atoms with E-state index in [4.69, 9.17) is 0 Å². The highest BCUT2D eigenvalue weighted by Gasteiger charge is 2.28. The molecule has 7 heteroatoms. The number of benzene rings is 1. The van der Waals surface area contributed by atoms with Crippen molar-refractivity contribution in [2.24, 2.45) is 0 Å². The first-order valence-electron chi connectivity index (χ1n) is 7.24. The minimum atomic E-state index is -0.447. The van der Waals surface area contributed by atoms with Crippen molar-refractivity contribution in [3.05, 3.63) is 29.3 Å². The summed E-state index contributed by atoms with van der Waals surface area (Å²) in [5.74, 6) is -1.22. The highest BCUT2D eigenvalue weighted by atomic mass is 16.5. The lowest BCUT2D eigenvalue weighted by atomic mass is 10.1. The molecule has 7 nitrogen and oxygen atoms in total. The third-order valence-corrected chi connectivity index (χ3v) is 3.64. The van der Waals surface area contributed by atoms with Gasteiger partial charge in [0.05, 0.1) is 12.7 Å². The molecule has 0 aromatic heterocycles. The molecule has 1 aromatic carbocycles. The molecule has 2 rings (SSSR count). The molecule has 0 radical (unpaired) electrons. The fraction of sp³-hybridized carbons (Fsp3) is 0.375. The van der Waals surface area contributed by atoms with Crippen LogP contribution < -0.4 is 5.32 Å². The van der Waals surface area contributed by atoms with Crippen molar-refractivity contribution in [1.29, 1.82) is 0 Å². The van der Waals surface area contributed by atoms with Crippen molar-refractivity contribution in [1.82, 2.24) is 4.90 Å². The summed E-state index contributed by atoms with van der Waals surface area (Å²) in [7, 11) is 1.30. The molecule has 0 bridgehead atoms. The van der Waals surface area contributed by atoms with Crippen molar-refractivity contribution in [2.75, 3.05) is 19.0 Å². The highest BCUT2D eigenvalue weighted by molar-refractivity contribution is 6.02. The van der Waals surface area contributed by atoms with Gasteiger partial charge < -0.3 is 10.1 Å². The fourth-order valence-electron chi connectivity index (χ4n) is 2.35. The number of imide groups is 1. The van der Waals surface area contributed by atoms with Crippen molar-refractivity contribution in [3.63, 3.8) is 0 Å². The number of carbonyl (C=O) groups excluding carboxylic acids is 4. The molecule has 0 unspecified atom stereocenters. The maximum atomic E-state index is 12.0. The fourth-order valence-corrected chi connectivity index (χ4v) is 2.35. The zero-order valence-electron chi connectivity index (χ0n) is 13.0. The van der Waals surface area contributed by atoms with Crippen molar-refractivity contribution >= 4 is 29.4 Å². The van der Waals surface area contributed by atoms with Gasteiger partial charge in [0.25, 0.3) is 0 Å². The summed E-state index contributed by atoms with van der Waals surface area (Å²) in [6, 6.07) is 4.79. The van der Waals surface area contributed by atoms with Crippen LogP contribution in [0.4, 0.5) is 5.69 Å². The normalized spacial score (nSPS) is 14.1. The van der Waals surface area contributed by atoms with Gasteiger partial charge in [-0.3, -0.25) is 19.3 Å². The van der Waals surface area contributed by atoms with E-state index in [0.717, 1.165) is 10.5 Å². The molecule has 1 N–H and O–H groups in total. The summed E-state index contributed by atoms with van der Waals surface area (Å²) in [6.07, 6.45) is 0.471. The van der Waals surface area contributed by atoms with Gasteiger partial charge in [0.1, 0.15) is 0 Å². The number of methoxy groups -OCH3 is 1. The zero-order valence-corrected chi connectivity index (χ0v) is 13.0. The number of hydrogen-bond acceptors (Lipinski definition) is 5. The number of ether oxygens (including phenoxy) is 1. The monoisotopic (exact) mass is 318 g/mol. The van der Waals surface area contributed by atoms with E-state index in [-0.39, 0.29) is 43.5 Å². The summed E-state index contributed by atoms with van der Waals surface area (Å²) in [5, 5.41) is 2.71. The Labute approximate surface area is 133 Å². The molecule has 1 aromatic rings. The topological polar surface area (TPSA) is 92.8 Å². The van der Waals surface area contributed by atoms with Gasteiger partial charge in [0, 0.05) is 31.5 Å². The maximum Gasteiger partial charge on any atom is 0.337 e. The Bertz CT molecular complexity index is 652. The van der Waals surface area contributed by atoms with E-state index < -0.39 is 5.97 Å². The minimum Gasteiger partial charge on any atom is -0.465 e. The van der Waals surface area contributed by atoms with Gasteiger partial charge in [-0.15, -0.1) is 0 Å². The van der Waals surface area contributed by atoms with Gasteiger partial charge in [-0.05, 0) is 30.7 Å². The van der Waals surface area contributed by atoms with Gasteiger partial charge in [0.2, 0.25) is 17.7 Å². The number of likely N-dealkylation sites (tertiary alicyclic amines) is 1. The maximum absolute atomic E-state index is 12.0. The average Bonchev–Trinajstić information content (AvgIpc) is 2.85. The van der Waals surface area contributed by atoms with Crippen LogP contribution in [0.15, 0.2) is 18.2 Å². The van der Waals surface area contributed by atoms with Crippen molar-refractivity contribution in [3.8, 4) is 0 Å². The van der Waals surface area contributed by atoms with Crippen LogP contribution in [0, 0.1) is 6.92 Å². The van der Waals surface area contributed by atoms with Gasteiger partial charge in [-0.1, -0.05) is 0 Å². The lowest BCUT2D eigenvalue weighted by Gasteiger charge is -2.14. The Balaban J connectivity index is 1.94. The van der Waals surface area contributed by atoms with Crippen LogP contribution in [0.25, 0.3) is 0 Å². The number of rotatable bonds is 5. The number of anilines is 1. The lowest BCUT2D eigenvalue weighted by molar-refractivity contribution is -0.138. The third-order valence-electron chi connectivity index (χ3n) is 3.64. The number of nitrogens with zero attached hydrogens (tertiary/aromatic N) is 1. The molecule has 122 valence electrons. The number of amides is 3. The first-order valence-corrected chi connectivity index (χ1v) is 7.24. The molecule has 1 aliphatic heterocycles. The van der Waals surface area contributed by atoms with E-state index in [9.17, 15) is 19.2 Å². The Hall–Kier alpha value is -2.70. The summed E-state index contributed by atoms with van der Waals surface area (Å²) in [5.41, 5.74) is 1.69. The Morgan fingerprint density at radius 2 is 1.87 bits per heavy atom. The first-order chi connectivity index (χ1) is 10.9. The predicted molar refractivity (Wildman–Crippen MR) is 81.7 cm³/mol. The molecule has 0 saturated carbocycles. The van der Waals surface area contributed by atoms with Crippen LogP contribution in [0.2, 0.25) is 0 Å². The number of nitrogens with one attached hydrogen (secondary N) is 1. The minimum absolute atomic E-state index is 0.0374. The van der Waals surface area contributed by atoms with E-state index >= 15 is 0 Å². The Morgan fingerprint density at radius 1 is 1.22 bits per heavy atom. The summed E-state index contributed by atoms with van der Waals surface area (Å²) >= 11 is 0. The first kappa shape index (κ1) is 16.7. The second-order valence-electron chi connectivity index (χ2n) is 5.26. The molecule has 0 aliphatic carbocycles. The van der Waals surface area contributed by atoms with Gasteiger partial charge >= 0.3 is 5.97 Å². The third kappa shape index (κ3) is 3.94. The molecule has 23 heavy (non-hydrogen) atoms. The van der Waals surface area contributed by atoms with Crippen molar-refractivity contribution < 1.29 is 23.9 Å². The second kappa shape index (κ2) is 7.04. The van der Waals surface area contributed by atoms with Gasteiger partial charge in [0.15, 0.2) is 0 Å². The molecule has 1 saturated heterocycles. The van der Waals surface area contributed by atoms with Gasteiger partial charge in [-0.25, -0.2) is 4.79 Å². The molecular weight excluding hydrogens is 300 g/mol. The number of carbonyl (C=O) groups is 4. The average molecular weight is 318 g/mol. The van der Waals surface area contributed by atoms with E-state index in [2.05, 4.69) is 10.1 Å². The van der Waals surface area contributed by atoms with Crippen LogP contribution in [-0.2, 0) is 19.1 Å². The quantitative estimate of drug-likeness (QED) is 0.651. The number of aryl methyl sites for hydroxylation is 1. The van der Waals surface area contributed by atoms with Crippen LogP contribution in [0.3, 0.4) is 0 Å². The van der Waals surface area contributed by atoms with E-state index in [1.165, 1.54) is 7.11 Å². The molecule has 3 amide bonds. The second-order valence-corrected chi connectivity index (χ2v) is 5.26. The molecular formula is C16H18N2O5. The molecule has 1 aliphatic rings. The van der Waals surface area contributed by atoms with Crippen molar-refractivity contribution in [2.45, 2.75) is 26.2 Å². The van der Waals surface area contributed by atoms with Crippen LogP contribution in [-0.4, -0.2) is 42.2 Å². The Morgan fingerprint density at radius 3 is 2.43 bits per heavy atom. The Kier molecular flexibility index (Phi) is 5.10. The van der Waals surface area contributed by atoms with Crippen LogP contribution in [0.5, 0.6) is 0 Å². The van der Waals surface area contributed by atoms with Crippen LogP contribution in [0.1, 0.15) is 35.2 Å². The van der Waals surface area contributed by atoms with Crippen LogP contribution >= 0.6 is 0 Å². The molecule has 1 fully saturated rings. The summed E-state index contributed by atoms with van der Waals surface area (Å²) < 4.78 is 4.63. The van der Waals surface area contributed by atoms with E-state index in [1.807, 2.05) is 0 Å². The predicted octanol–water partition coefficient (Wildman–Crippen LogP) is 1.26. The van der Waals surface area contributed by atoms with Gasteiger partial charge in [-0.2, -0.15) is 0 Å². The zero-order chi connectivity index (χ0) is 17.0. The highest BCUT2D eigenvalue weighted by Crippen LogP contribution is 2.18. The molecule has 0 atom stereocenters. The summed E-state index contributed by atoms with van der Waals surface area (Å²) in [6.45, 7) is 1.85. The standard InChI is InChI=1S/C16H18N2O5/c1-10-9-11(16(22)23-2)3-4-12(10)17-13(19)7-8-18-14(20)5-6-15(18)21/h3-4,9H,5-8H2,1-2H3,(H,17,19). The smallest absolute Gasteiger partial charge is 0.337 e. The van der Waals surface area contributed by atoms with E-state index in [0.29, 0.717) is 11.3 Å². The largest absolute Gasteiger partial charge is 0.465 e. The van der Waals surface area contributed by atoms with E-state index in [1.54, 1.807) is 25.1 Å². The number of hydrogen-bond donors (Lipinski definition) is 1. The molecule has 1 heterocycles. The lowest BCUT2D eigenvalue weighted by Crippen LogP contribution is -2.32. The SMILES string of the molecule is COC(=O)c1ccc(NC(=O)CCN2C(=O)CCC2=O)c(C)c1. The molecule has 0 spiro atoms. The summed E-state index contributed by atoms with van der Waals surface area (Å²) in [4.78, 5) is 47.4. The number of esters is 1.